The van der Waals surface area contributed by atoms with E-state index in [2.05, 4.69) is 6.07 Å². The van der Waals surface area contributed by atoms with Crippen LogP contribution in [0.2, 0.25) is 0 Å². The van der Waals surface area contributed by atoms with Crippen molar-refractivity contribution in [2.24, 2.45) is 5.73 Å². The summed E-state index contributed by atoms with van der Waals surface area (Å²) in [5.41, 5.74) is 8.67. The number of rotatable bonds is 4. The van der Waals surface area contributed by atoms with Gasteiger partial charge in [0.1, 0.15) is 23.2 Å². The summed E-state index contributed by atoms with van der Waals surface area (Å²) in [6.45, 7) is 3.54. The summed E-state index contributed by atoms with van der Waals surface area (Å²) < 4.78 is 10.6. The van der Waals surface area contributed by atoms with Gasteiger partial charge in [-0.3, -0.25) is 0 Å². The zero-order valence-corrected chi connectivity index (χ0v) is 15.6. The van der Waals surface area contributed by atoms with Crippen molar-refractivity contribution in [3.05, 3.63) is 76.9 Å². The molecular formula is C22H20N2O4. The molecule has 0 saturated heterocycles. The molecule has 2 aromatic rings. The predicted octanol–water partition coefficient (Wildman–Crippen LogP) is 3.70. The Balaban J connectivity index is 2.15. The minimum atomic E-state index is -0.699. The number of allylic oxidation sites excluding steroid dienone is 2. The highest BCUT2D eigenvalue weighted by atomic mass is 16.5. The molecule has 0 bridgehead atoms. The molecule has 0 fully saturated rings. The van der Waals surface area contributed by atoms with E-state index in [4.69, 9.17) is 15.2 Å². The van der Waals surface area contributed by atoms with E-state index in [1.54, 1.807) is 32.0 Å². The molecule has 0 radical (unpaired) electrons. The van der Waals surface area contributed by atoms with Gasteiger partial charge in [0.25, 0.3) is 0 Å². The Morgan fingerprint density at radius 3 is 2.57 bits per heavy atom. The molecule has 1 aliphatic heterocycles. The average molecular weight is 376 g/mol. The number of hydrogen-bond donors (Lipinski definition) is 2. The number of nitriles is 1. The standard InChI is InChI=1S/C22H20N2O4/c1-3-27-22(26)19-13(2)28-21(24)18(12-23)20(19)16-8-4-6-14(10-16)15-7-5-9-17(25)11-15/h4-11,20,25H,3,24H2,1-2H3. The number of benzene rings is 2. The third-order valence-electron chi connectivity index (χ3n) is 4.50. The molecule has 1 aliphatic rings. The molecule has 0 amide bonds. The zero-order chi connectivity index (χ0) is 20.3. The summed E-state index contributed by atoms with van der Waals surface area (Å²) in [7, 11) is 0. The highest BCUT2D eigenvalue weighted by Crippen LogP contribution is 2.40. The van der Waals surface area contributed by atoms with E-state index in [1.807, 2.05) is 30.3 Å². The van der Waals surface area contributed by atoms with Crippen molar-refractivity contribution in [2.45, 2.75) is 19.8 Å². The van der Waals surface area contributed by atoms with E-state index < -0.39 is 11.9 Å². The van der Waals surface area contributed by atoms with Crippen molar-refractivity contribution in [3.63, 3.8) is 0 Å². The minimum absolute atomic E-state index is 0.0270. The second-order valence-corrected chi connectivity index (χ2v) is 6.29. The van der Waals surface area contributed by atoms with Crippen LogP contribution in [0.4, 0.5) is 0 Å². The summed E-state index contributed by atoms with van der Waals surface area (Å²) in [6.07, 6.45) is 0. The fourth-order valence-corrected chi connectivity index (χ4v) is 3.27. The normalized spacial score (nSPS) is 16.4. The van der Waals surface area contributed by atoms with Crippen LogP contribution in [-0.4, -0.2) is 17.7 Å². The maximum absolute atomic E-state index is 12.6. The maximum Gasteiger partial charge on any atom is 0.338 e. The van der Waals surface area contributed by atoms with Crippen molar-refractivity contribution >= 4 is 5.97 Å². The first kappa shape index (κ1) is 19.1. The molecule has 142 valence electrons. The molecule has 3 rings (SSSR count). The number of esters is 1. The van der Waals surface area contributed by atoms with E-state index in [0.717, 1.165) is 11.1 Å². The highest BCUT2D eigenvalue weighted by molar-refractivity contribution is 5.92. The van der Waals surface area contributed by atoms with Crippen molar-refractivity contribution < 1.29 is 19.4 Å². The van der Waals surface area contributed by atoms with Gasteiger partial charge in [-0.25, -0.2) is 4.79 Å². The van der Waals surface area contributed by atoms with Gasteiger partial charge in [0.05, 0.1) is 18.1 Å². The van der Waals surface area contributed by atoms with Gasteiger partial charge in [0.2, 0.25) is 5.88 Å². The molecule has 6 nitrogen and oxygen atoms in total. The fraction of sp³-hybridized carbons (Fsp3) is 0.182. The number of nitrogens with two attached hydrogens (primary N) is 1. The number of aromatic hydroxyl groups is 1. The molecule has 0 aromatic heterocycles. The lowest BCUT2D eigenvalue weighted by atomic mass is 9.82. The van der Waals surface area contributed by atoms with E-state index in [9.17, 15) is 15.2 Å². The van der Waals surface area contributed by atoms with Crippen LogP contribution in [0, 0.1) is 11.3 Å². The monoisotopic (exact) mass is 376 g/mol. The second-order valence-electron chi connectivity index (χ2n) is 6.29. The molecule has 1 unspecified atom stereocenters. The molecule has 0 aliphatic carbocycles. The smallest absolute Gasteiger partial charge is 0.338 e. The van der Waals surface area contributed by atoms with E-state index >= 15 is 0 Å². The SMILES string of the molecule is CCOC(=O)C1=C(C)OC(N)=C(C#N)C1c1cccc(-c2cccc(O)c2)c1. The molecule has 28 heavy (non-hydrogen) atoms. The van der Waals surface area contributed by atoms with Crippen LogP contribution < -0.4 is 5.73 Å². The lowest BCUT2D eigenvalue weighted by Gasteiger charge is -2.27. The summed E-state index contributed by atoms with van der Waals surface area (Å²) >= 11 is 0. The van der Waals surface area contributed by atoms with Gasteiger partial charge < -0.3 is 20.3 Å². The van der Waals surface area contributed by atoms with Crippen LogP contribution in [0.25, 0.3) is 11.1 Å². The molecule has 3 N–H and O–H groups in total. The van der Waals surface area contributed by atoms with E-state index in [0.29, 0.717) is 11.3 Å². The van der Waals surface area contributed by atoms with E-state index in [-0.39, 0.29) is 29.4 Å². The van der Waals surface area contributed by atoms with Gasteiger partial charge >= 0.3 is 5.97 Å². The summed E-state index contributed by atoms with van der Waals surface area (Å²) in [6, 6.07) is 16.3. The van der Waals surface area contributed by atoms with Gasteiger partial charge in [-0.15, -0.1) is 0 Å². The quantitative estimate of drug-likeness (QED) is 0.788. The number of hydrogen-bond acceptors (Lipinski definition) is 6. The molecule has 6 heteroatoms. The third kappa shape index (κ3) is 3.55. The number of carbonyl (C=O) groups excluding carboxylic acids is 1. The van der Waals surface area contributed by atoms with Crippen LogP contribution in [-0.2, 0) is 14.3 Å². The fourth-order valence-electron chi connectivity index (χ4n) is 3.27. The van der Waals surface area contributed by atoms with Crippen molar-refractivity contribution in [1.82, 2.24) is 0 Å². The second kappa shape index (κ2) is 7.89. The lowest BCUT2D eigenvalue weighted by Crippen LogP contribution is -2.25. The first-order chi connectivity index (χ1) is 13.5. The third-order valence-corrected chi connectivity index (χ3v) is 4.50. The minimum Gasteiger partial charge on any atom is -0.508 e. The number of ether oxygens (including phenoxy) is 2. The Hall–Kier alpha value is -3.72. The summed E-state index contributed by atoms with van der Waals surface area (Å²) in [4.78, 5) is 12.6. The summed E-state index contributed by atoms with van der Waals surface area (Å²) in [5.74, 6) is -0.814. The van der Waals surface area contributed by atoms with Crippen LogP contribution in [0.15, 0.2) is 71.3 Å². The van der Waals surface area contributed by atoms with Gasteiger partial charge in [-0.2, -0.15) is 5.26 Å². The first-order valence-corrected chi connectivity index (χ1v) is 8.81. The molecule has 1 heterocycles. The Bertz CT molecular complexity index is 1030. The van der Waals surface area contributed by atoms with E-state index in [1.165, 1.54) is 0 Å². The number of phenols is 1. The molecule has 0 spiro atoms. The van der Waals surface area contributed by atoms with Crippen LogP contribution in [0.5, 0.6) is 5.75 Å². The van der Waals surface area contributed by atoms with Gasteiger partial charge in [0.15, 0.2) is 0 Å². The van der Waals surface area contributed by atoms with Gasteiger partial charge in [0, 0.05) is 0 Å². The Labute approximate surface area is 163 Å². The average Bonchev–Trinajstić information content (AvgIpc) is 2.67. The Kier molecular flexibility index (Phi) is 5.37. The van der Waals surface area contributed by atoms with Crippen LogP contribution >= 0.6 is 0 Å². The predicted molar refractivity (Wildman–Crippen MR) is 104 cm³/mol. The number of carbonyl (C=O) groups is 1. The molecule has 2 aromatic carbocycles. The number of phenolic OH excluding ortho intramolecular Hbond substituents is 1. The molecule has 0 saturated carbocycles. The molecule has 1 atom stereocenters. The lowest BCUT2D eigenvalue weighted by molar-refractivity contribution is -0.139. The first-order valence-electron chi connectivity index (χ1n) is 8.81. The van der Waals surface area contributed by atoms with Crippen molar-refractivity contribution in [2.75, 3.05) is 6.61 Å². The summed E-state index contributed by atoms with van der Waals surface area (Å²) in [5, 5.41) is 19.4. The zero-order valence-electron chi connectivity index (χ0n) is 15.6. The van der Waals surface area contributed by atoms with Crippen LogP contribution in [0.3, 0.4) is 0 Å². The highest BCUT2D eigenvalue weighted by Gasteiger charge is 2.36. The van der Waals surface area contributed by atoms with Crippen LogP contribution in [0.1, 0.15) is 25.3 Å². The van der Waals surface area contributed by atoms with Crippen molar-refractivity contribution in [3.8, 4) is 22.9 Å². The van der Waals surface area contributed by atoms with Gasteiger partial charge in [-0.05, 0) is 42.7 Å². The van der Waals surface area contributed by atoms with Gasteiger partial charge in [-0.1, -0.05) is 36.4 Å². The Morgan fingerprint density at radius 1 is 1.25 bits per heavy atom. The number of nitrogens with zero attached hydrogens (tertiary/aromatic N) is 1. The maximum atomic E-state index is 12.6. The topological polar surface area (TPSA) is 106 Å². The Morgan fingerprint density at radius 2 is 1.93 bits per heavy atom. The van der Waals surface area contributed by atoms with Crippen molar-refractivity contribution in [1.29, 1.82) is 5.26 Å². The molecular weight excluding hydrogens is 356 g/mol. The largest absolute Gasteiger partial charge is 0.508 e.